The van der Waals surface area contributed by atoms with E-state index in [9.17, 15) is 4.79 Å². The van der Waals surface area contributed by atoms with Crippen molar-refractivity contribution in [2.45, 2.75) is 13.3 Å². The van der Waals surface area contributed by atoms with Crippen LogP contribution < -0.4 is 5.32 Å². The maximum atomic E-state index is 11.9. The molecule has 2 N–H and O–H groups in total. The fourth-order valence-corrected chi connectivity index (χ4v) is 1.78. The minimum Gasteiger partial charge on any atom is -0.508 e. The Morgan fingerprint density at radius 1 is 1.37 bits per heavy atom. The zero-order valence-corrected chi connectivity index (χ0v) is 11.1. The molecule has 0 aliphatic rings. The number of phenolic OH excluding ortho intramolecular Hbond substituents is 1. The maximum absolute atomic E-state index is 11.9. The van der Waals surface area contributed by atoms with E-state index < -0.39 is 0 Å². The molecule has 0 radical (unpaired) electrons. The van der Waals surface area contributed by atoms with E-state index in [1.807, 2.05) is 6.92 Å². The third kappa shape index (κ3) is 3.69. The summed E-state index contributed by atoms with van der Waals surface area (Å²) < 4.78 is 0. The van der Waals surface area contributed by atoms with E-state index >= 15 is 0 Å². The number of carbonyl (C=O) groups is 1. The predicted octanol–water partition coefficient (Wildman–Crippen LogP) is 2.93. The van der Waals surface area contributed by atoms with Crippen molar-refractivity contribution in [3.63, 3.8) is 0 Å². The number of phenols is 1. The van der Waals surface area contributed by atoms with Crippen molar-refractivity contribution in [2.24, 2.45) is 0 Å². The third-order valence-electron chi connectivity index (χ3n) is 2.55. The summed E-state index contributed by atoms with van der Waals surface area (Å²) in [6.07, 6.45) is 1.85. The zero-order chi connectivity index (χ0) is 13.8. The van der Waals surface area contributed by atoms with Gasteiger partial charge in [0.25, 0.3) is 0 Å². The number of nitrogens with zero attached hydrogens (tertiary/aromatic N) is 1. The Morgan fingerprint density at radius 2 is 2.05 bits per heavy atom. The first-order chi connectivity index (χ1) is 9.04. The molecule has 1 aromatic heterocycles. The van der Waals surface area contributed by atoms with Gasteiger partial charge in [-0.25, -0.2) is 4.98 Å². The van der Waals surface area contributed by atoms with Gasteiger partial charge in [-0.2, -0.15) is 0 Å². The van der Waals surface area contributed by atoms with Crippen molar-refractivity contribution in [3.05, 3.63) is 52.8 Å². The van der Waals surface area contributed by atoms with Gasteiger partial charge in [0, 0.05) is 6.20 Å². The lowest BCUT2D eigenvalue weighted by Gasteiger charge is -2.07. The van der Waals surface area contributed by atoms with Crippen LogP contribution in [0.3, 0.4) is 0 Å². The lowest BCUT2D eigenvalue weighted by molar-refractivity contribution is -0.115. The number of rotatable bonds is 3. The lowest BCUT2D eigenvalue weighted by Crippen LogP contribution is -2.15. The van der Waals surface area contributed by atoms with E-state index in [1.54, 1.807) is 36.5 Å². The average molecular weight is 277 g/mol. The molecule has 0 atom stereocenters. The Morgan fingerprint density at radius 3 is 2.74 bits per heavy atom. The highest BCUT2D eigenvalue weighted by molar-refractivity contribution is 6.32. The van der Waals surface area contributed by atoms with Gasteiger partial charge in [0.05, 0.1) is 12.1 Å². The number of anilines is 1. The van der Waals surface area contributed by atoms with E-state index in [1.165, 1.54) is 0 Å². The molecule has 0 aliphatic heterocycles. The SMILES string of the molecule is Cc1cnc(Cl)c(NC(=O)Cc2ccc(O)cc2)c1. The largest absolute Gasteiger partial charge is 0.508 e. The Bertz CT molecular complexity index is 597. The molecule has 0 bridgehead atoms. The van der Waals surface area contributed by atoms with Crippen LogP contribution in [-0.2, 0) is 11.2 Å². The molecular weight excluding hydrogens is 264 g/mol. The van der Waals surface area contributed by atoms with E-state index in [-0.39, 0.29) is 23.2 Å². The third-order valence-corrected chi connectivity index (χ3v) is 2.85. The predicted molar refractivity (Wildman–Crippen MR) is 74.4 cm³/mol. The molecule has 0 unspecified atom stereocenters. The first-order valence-electron chi connectivity index (χ1n) is 5.74. The smallest absolute Gasteiger partial charge is 0.228 e. The second-order valence-electron chi connectivity index (χ2n) is 4.24. The van der Waals surface area contributed by atoms with Crippen LogP contribution in [0.1, 0.15) is 11.1 Å². The molecule has 2 rings (SSSR count). The summed E-state index contributed by atoms with van der Waals surface area (Å²) in [6, 6.07) is 8.26. The van der Waals surface area contributed by atoms with Gasteiger partial charge in [-0.3, -0.25) is 4.79 Å². The standard InChI is InChI=1S/C14H13ClN2O2/c1-9-6-12(14(15)16-8-9)17-13(19)7-10-2-4-11(18)5-3-10/h2-6,8,18H,7H2,1H3,(H,17,19). The van der Waals surface area contributed by atoms with Crippen molar-refractivity contribution >= 4 is 23.2 Å². The molecule has 1 amide bonds. The summed E-state index contributed by atoms with van der Waals surface area (Å²) in [7, 11) is 0. The molecule has 5 heteroatoms. The fraction of sp³-hybridized carbons (Fsp3) is 0.143. The number of aromatic nitrogens is 1. The monoisotopic (exact) mass is 276 g/mol. The second-order valence-corrected chi connectivity index (χ2v) is 4.60. The molecule has 98 valence electrons. The molecule has 0 spiro atoms. The molecule has 0 fully saturated rings. The van der Waals surface area contributed by atoms with E-state index in [4.69, 9.17) is 16.7 Å². The Balaban J connectivity index is 2.05. The molecule has 4 nitrogen and oxygen atoms in total. The van der Waals surface area contributed by atoms with Crippen LogP contribution >= 0.6 is 11.6 Å². The number of carbonyl (C=O) groups excluding carboxylic acids is 1. The van der Waals surface area contributed by atoms with Gasteiger partial charge in [0.1, 0.15) is 5.75 Å². The molecule has 1 heterocycles. The molecule has 0 saturated heterocycles. The molecule has 0 aliphatic carbocycles. The van der Waals surface area contributed by atoms with Gasteiger partial charge in [-0.05, 0) is 36.2 Å². The molecule has 0 saturated carbocycles. The maximum Gasteiger partial charge on any atom is 0.228 e. The number of nitrogens with one attached hydrogen (secondary N) is 1. The summed E-state index contributed by atoms with van der Waals surface area (Å²) in [4.78, 5) is 15.8. The minimum absolute atomic E-state index is 0.176. The van der Waals surface area contributed by atoms with Crippen molar-refractivity contribution in [1.29, 1.82) is 0 Å². The summed E-state index contributed by atoms with van der Waals surface area (Å²) in [5.41, 5.74) is 2.24. The quantitative estimate of drug-likeness (QED) is 0.847. The highest BCUT2D eigenvalue weighted by Gasteiger charge is 2.08. The summed E-state index contributed by atoms with van der Waals surface area (Å²) in [5.74, 6) is -0.00456. The molecule has 1 aromatic carbocycles. The normalized spacial score (nSPS) is 10.2. The van der Waals surface area contributed by atoms with Crippen molar-refractivity contribution in [3.8, 4) is 5.75 Å². The highest BCUT2D eigenvalue weighted by Crippen LogP contribution is 2.20. The van der Waals surface area contributed by atoms with Crippen molar-refractivity contribution in [1.82, 2.24) is 4.98 Å². The van der Waals surface area contributed by atoms with Crippen LogP contribution in [-0.4, -0.2) is 16.0 Å². The van der Waals surface area contributed by atoms with Crippen LogP contribution in [0.25, 0.3) is 0 Å². The minimum atomic E-state index is -0.181. The van der Waals surface area contributed by atoms with Gasteiger partial charge in [0.2, 0.25) is 5.91 Å². The van der Waals surface area contributed by atoms with Crippen LogP contribution in [0.2, 0.25) is 5.15 Å². The molecule has 2 aromatic rings. The molecular formula is C14H13ClN2O2. The first kappa shape index (κ1) is 13.4. The number of aryl methyl sites for hydroxylation is 1. The summed E-state index contributed by atoms with van der Waals surface area (Å²) >= 11 is 5.91. The van der Waals surface area contributed by atoms with Gasteiger partial charge in [-0.1, -0.05) is 23.7 Å². The van der Waals surface area contributed by atoms with Gasteiger partial charge < -0.3 is 10.4 Å². The average Bonchev–Trinajstić information content (AvgIpc) is 2.37. The van der Waals surface area contributed by atoms with E-state index in [0.717, 1.165) is 11.1 Å². The fourth-order valence-electron chi connectivity index (χ4n) is 1.63. The summed E-state index contributed by atoms with van der Waals surface area (Å²) in [5, 5.41) is 12.2. The van der Waals surface area contributed by atoms with Gasteiger partial charge in [0.15, 0.2) is 5.15 Å². The first-order valence-corrected chi connectivity index (χ1v) is 6.12. The topological polar surface area (TPSA) is 62.2 Å². The lowest BCUT2D eigenvalue weighted by atomic mass is 10.1. The number of halogens is 1. The second kappa shape index (κ2) is 5.71. The number of benzene rings is 1. The van der Waals surface area contributed by atoms with Gasteiger partial charge in [-0.15, -0.1) is 0 Å². The van der Waals surface area contributed by atoms with E-state index in [2.05, 4.69) is 10.3 Å². The van der Waals surface area contributed by atoms with Crippen LogP contribution in [0.4, 0.5) is 5.69 Å². The Hall–Kier alpha value is -2.07. The van der Waals surface area contributed by atoms with Crippen molar-refractivity contribution in [2.75, 3.05) is 5.32 Å². The number of hydrogen-bond acceptors (Lipinski definition) is 3. The highest BCUT2D eigenvalue weighted by atomic mass is 35.5. The Labute approximate surface area is 116 Å². The van der Waals surface area contributed by atoms with Gasteiger partial charge >= 0.3 is 0 Å². The Kier molecular flexibility index (Phi) is 4.02. The number of pyridine rings is 1. The zero-order valence-electron chi connectivity index (χ0n) is 10.4. The number of amides is 1. The number of hydrogen-bond donors (Lipinski definition) is 2. The number of aromatic hydroxyl groups is 1. The summed E-state index contributed by atoms with van der Waals surface area (Å²) in [6.45, 7) is 1.87. The van der Waals surface area contributed by atoms with Crippen LogP contribution in [0.15, 0.2) is 36.5 Å². The van der Waals surface area contributed by atoms with Crippen molar-refractivity contribution < 1.29 is 9.90 Å². The van der Waals surface area contributed by atoms with Crippen LogP contribution in [0, 0.1) is 6.92 Å². The van der Waals surface area contributed by atoms with Crippen LogP contribution in [0.5, 0.6) is 5.75 Å². The van der Waals surface area contributed by atoms with E-state index in [0.29, 0.717) is 5.69 Å². The molecule has 19 heavy (non-hydrogen) atoms.